The highest BCUT2D eigenvalue weighted by Gasteiger charge is 2.34. The molecule has 2 heterocycles. The summed E-state index contributed by atoms with van der Waals surface area (Å²) in [5.74, 6) is 0. The Bertz CT molecular complexity index is 406. The number of hydrogen-bond donors (Lipinski definition) is 1. The molecular weight excluding hydrogens is 256 g/mol. The van der Waals surface area contributed by atoms with Crippen LogP contribution in [0.25, 0.3) is 0 Å². The van der Waals surface area contributed by atoms with Gasteiger partial charge in [-0.05, 0) is 53.4 Å². The number of hydrogen-bond acceptors (Lipinski definition) is 5. The van der Waals surface area contributed by atoms with E-state index in [1.807, 2.05) is 0 Å². The van der Waals surface area contributed by atoms with Crippen LogP contribution in [0.15, 0.2) is 5.38 Å². The number of thiazole rings is 1. The van der Waals surface area contributed by atoms with Crippen LogP contribution in [0.4, 0.5) is 0 Å². The lowest BCUT2D eigenvalue weighted by Crippen LogP contribution is -2.52. The van der Waals surface area contributed by atoms with Gasteiger partial charge in [0.25, 0.3) is 0 Å². The topological polar surface area (TPSA) is 45.4 Å². The van der Waals surface area contributed by atoms with E-state index in [1.54, 1.807) is 11.3 Å². The number of likely N-dealkylation sites (tertiary alicyclic amines) is 1. The maximum atomic E-state index is 6.13. The molecule has 1 fully saturated rings. The number of likely N-dealkylation sites (N-methyl/N-ethyl adjacent to an activating group) is 1. The number of aryl methyl sites for hydroxylation is 1. The molecule has 0 saturated carbocycles. The Morgan fingerprint density at radius 2 is 2.26 bits per heavy atom. The van der Waals surface area contributed by atoms with Crippen LogP contribution < -0.4 is 5.73 Å². The predicted octanol–water partition coefficient (Wildman–Crippen LogP) is 1.70. The number of aromatic nitrogens is 1. The van der Waals surface area contributed by atoms with Crippen molar-refractivity contribution in [2.24, 2.45) is 5.73 Å². The maximum absolute atomic E-state index is 6.13. The van der Waals surface area contributed by atoms with Crippen molar-refractivity contribution in [1.29, 1.82) is 0 Å². The maximum Gasteiger partial charge on any atom is 0.0897 e. The third kappa shape index (κ3) is 3.54. The van der Waals surface area contributed by atoms with E-state index in [2.05, 4.69) is 41.2 Å². The first kappa shape index (κ1) is 14.9. The van der Waals surface area contributed by atoms with E-state index in [9.17, 15) is 0 Å². The lowest BCUT2D eigenvalue weighted by Gasteiger charge is -2.40. The number of nitrogens with zero attached hydrogens (tertiary/aromatic N) is 3. The zero-order valence-electron chi connectivity index (χ0n) is 12.4. The second-order valence-electron chi connectivity index (χ2n) is 5.80. The first-order chi connectivity index (χ1) is 9.05. The van der Waals surface area contributed by atoms with Gasteiger partial charge in [-0.15, -0.1) is 11.3 Å². The van der Waals surface area contributed by atoms with Crippen LogP contribution in [-0.4, -0.2) is 54.1 Å². The van der Waals surface area contributed by atoms with E-state index in [4.69, 9.17) is 5.73 Å². The fourth-order valence-electron chi connectivity index (χ4n) is 2.95. The summed E-state index contributed by atoms with van der Waals surface area (Å²) in [5, 5.41) is 3.31. The first-order valence-corrected chi connectivity index (χ1v) is 7.94. The largest absolute Gasteiger partial charge is 0.329 e. The summed E-state index contributed by atoms with van der Waals surface area (Å²) in [5.41, 5.74) is 7.45. The molecular formula is C14H26N4S. The molecule has 0 spiro atoms. The molecule has 5 heteroatoms. The van der Waals surface area contributed by atoms with Gasteiger partial charge in [0.2, 0.25) is 0 Å². The van der Waals surface area contributed by atoms with Crippen LogP contribution in [-0.2, 0) is 6.54 Å². The van der Waals surface area contributed by atoms with Gasteiger partial charge in [-0.1, -0.05) is 0 Å². The van der Waals surface area contributed by atoms with Crippen molar-refractivity contribution in [3.63, 3.8) is 0 Å². The van der Waals surface area contributed by atoms with Gasteiger partial charge in [-0.2, -0.15) is 0 Å². The summed E-state index contributed by atoms with van der Waals surface area (Å²) in [7, 11) is 4.41. The molecule has 1 atom stereocenters. The van der Waals surface area contributed by atoms with Crippen LogP contribution in [0.1, 0.15) is 30.0 Å². The molecule has 2 rings (SSSR count). The zero-order chi connectivity index (χ0) is 13.9. The summed E-state index contributed by atoms with van der Waals surface area (Å²) < 4.78 is 0. The van der Waals surface area contributed by atoms with Crippen LogP contribution >= 0.6 is 11.3 Å². The molecule has 19 heavy (non-hydrogen) atoms. The smallest absolute Gasteiger partial charge is 0.0897 e. The van der Waals surface area contributed by atoms with E-state index >= 15 is 0 Å². The molecule has 4 nitrogen and oxygen atoms in total. The molecule has 0 aromatic carbocycles. The molecule has 2 N–H and O–H groups in total. The molecule has 108 valence electrons. The average Bonchev–Trinajstić information content (AvgIpc) is 2.68. The minimum Gasteiger partial charge on any atom is -0.329 e. The fourth-order valence-corrected chi connectivity index (χ4v) is 3.55. The lowest BCUT2D eigenvalue weighted by atomic mass is 9.88. The van der Waals surface area contributed by atoms with Crippen molar-refractivity contribution >= 4 is 11.3 Å². The fraction of sp³-hybridized carbons (Fsp3) is 0.786. The van der Waals surface area contributed by atoms with Gasteiger partial charge in [-0.3, -0.25) is 4.90 Å². The quantitative estimate of drug-likeness (QED) is 0.913. The molecule has 0 bridgehead atoms. The monoisotopic (exact) mass is 282 g/mol. The summed E-state index contributed by atoms with van der Waals surface area (Å²) in [6.07, 6.45) is 3.57. The molecule has 1 aliphatic heterocycles. The summed E-state index contributed by atoms with van der Waals surface area (Å²) in [4.78, 5) is 9.42. The Labute approximate surface area is 120 Å². The van der Waals surface area contributed by atoms with E-state index < -0.39 is 0 Å². The number of nitrogens with two attached hydrogens (primary N) is 1. The van der Waals surface area contributed by atoms with Crippen molar-refractivity contribution < 1.29 is 0 Å². The Balaban J connectivity index is 2.06. The molecule has 0 radical (unpaired) electrons. The predicted molar refractivity (Wildman–Crippen MR) is 81.5 cm³/mol. The van der Waals surface area contributed by atoms with Crippen molar-refractivity contribution in [3.8, 4) is 0 Å². The van der Waals surface area contributed by atoms with Gasteiger partial charge in [-0.25, -0.2) is 4.98 Å². The SMILES string of the molecule is Cc1nc(CN(C)C2(CN)CCCN(C)CC2)cs1. The Morgan fingerprint density at radius 1 is 1.47 bits per heavy atom. The van der Waals surface area contributed by atoms with Crippen molar-refractivity contribution in [3.05, 3.63) is 16.1 Å². The third-order valence-corrected chi connectivity index (χ3v) is 5.22. The average molecular weight is 282 g/mol. The Hall–Kier alpha value is -0.490. The standard InChI is InChI=1S/C14H26N4S/c1-12-16-13(10-19-12)9-18(3)14(11-15)5-4-7-17(2)8-6-14/h10H,4-9,11,15H2,1-3H3. The van der Waals surface area contributed by atoms with E-state index in [0.29, 0.717) is 0 Å². The lowest BCUT2D eigenvalue weighted by molar-refractivity contribution is 0.0991. The van der Waals surface area contributed by atoms with Gasteiger partial charge >= 0.3 is 0 Å². The Kier molecular flexibility index (Phi) is 4.95. The molecule has 1 saturated heterocycles. The van der Waals surface area contributed by atoms with E-state index in [-0.39, 0.29) is 5.54 Å². The Morgan fingerprint density at radius 3 is 2.89 bits per heavy atom. The zero-order valence-corrected chi connectivity index (χ0v) is 13.2. The molecule has 0 amide bonds. The molecule has 1 aromatic heterocycles. The minimum atomic E-state index is 0.141. The minimum absolute atomic E-state index is 0.141. The normalized spacial score (nSPS) is 25.7. The van der Waals surface area contributed by atoms with Gasteiger partial charge in [0.1, 0.15) is 0 Å². The second-order valence-corrected chi connectivity index (χ2v) is 6.86. The molecule has 1 aliphatic rings. The third-order valence-electron chi connectivity index (χ3n) is 4.40. The van der Waals surface area contributed by atoms with E-state index in [1.165, 1.54) is 25.1 Å². The van der Waals surface area contributed by atoms with Crippen LogP contribution in [0, 0.1) is 6.92 Å². The van der Waals surface area contributed by atoms with Crippen molar-refractivity contribution in [2.45, 2.75) is 38.3 Å². The van der Waals surface area contributed by atoms with Crippen molar-refractivity contribution in [1.82, 2.24) is 14.8 Å². The van der Waals surface area contributed by atoms with Gasteiger partial charge in [0, 0.05) is 24.0 Å². The number of rotatable bonds is 4. The highest BCUT2D eigenvalue weighted by molar-refractivity contribution is 7.09. The van der Waals surface area contributed by atoms with Crippen LogP contribution in [0.5, 0.6) is 0 Å². The second kappa shape index (κ2) is 6.31. The highest BCUT2D eigenvalue weighted by Crippen LogP contribution is 2.28. The first-order valence-electron chi connectivity index (χ1n) is 7.06. The van der Waals surface area contributed by atoms with Crippen LogP contribution in [0.3, 0.4) is 0 Å². The summed E-state index contributed by atoms with van der Waals surface area (Å²) in [6.45, 7) is 6.03. The van der Waals surface area contributed by atoms with Gasteiger partial charge in [0.05, 0.1) is 10.7 Å². The molecule has 1 unspecified atom stereocenters. The summed E-state index contributed by atoms with van der Waals surface area (Å²) >= 11 is 1.73. The van der Waals surface area contributed by atoms with Gasteiger partial charge in [0.15, 0.2) is 0 Å². The molecule has 1 aromatic rings. The summed E-state index contributed by atoms with van der Waals surface area (Å²) in [6, 6.07) is 0. The highest BCUT2D eigenvalue weighted by atomic mass is 32.1. The van der Waals surface area contributed by atoms with Crippen LogP contribution in [0.2, 0.25) is 0 Å². The van der Waals surface area contributed by atoms with Crippen molar-refractivity contribution in [2.75, 3.05) is 33.7 Å². The van der Waals surface area contributed by atoms with Gasteiger partial charge < -0.3 is 10.6 Å². The molecule has 0 aliphatic carbocycles. The van der Waals surface area contributed by atoms with E-state index in [0.717, 1.165) is 31.1 Å².